The van der Waals surface area contributed by atoms with E-state index in [1.165, 1.54) is 13.8 Å². The fourth-order valence-corrected chi connectivity index (χ4v) is 0. The predicted molar refractivity (Wildman–Crippen MR) is 94.7 cm³/mol. The van der Waals surface area contributed by atoms with Gasteiger partial charge < -0.3 is 30.6 Å². The summed E-state index contributed by atoms with van der Waals surface area (Å²) < 4.78 is 0. The van der Waals surface area contributed by atoms with E-state index in [1.807, 2.05) is 0 Å². The van der Waals surface area contributed by atoms with Crippen LogP contribution < -0.4 is 0 Å². The lowest BCUT2D eigenvalue weighted by Gasteiger charge is -1.79. The quantitative estimate of drug-likeness (QED) is 0.373. The standard InChI is InChI=1S/2C4H6O2.2C3H4O2.C2H6O2/c2*1-3(2)4(5)6;2*1-2-3(4)5;3-1-2-4/h2*1H2,2H3,(H,5,6);2*2H,1H2,(H,4,5);3-4H,1-2H2. The molecule has 0 radical (unpaired) electrons. The number of aliphatic hydroxyl groups excluding tert-OH is 2. The minimum Gasteiger partial charge on any atom is -0.478 e. The Kier molecular flexibility index (Phi) is 35.0. The van der Waals surface area contributed by atoms with Crippen LogP contribution in [0.15, 0.2) is 49.6 Å². The largest absolute Gasteiger partial charge is 0.478 e. The minimum atomic E-state index is -0.981. The normalized spacial score (nSPS) is 7.08. The molecule has 26 heavy (non-hydrogen) atoms. The molecule has 10 heteroatoms. The van der Waals surface area contributed by atoms with E-state index in [-0.39, 0.29) is 24.4 Å². The van der Waals surface area contributed by atoms with E-state index in [0.717, 1.165) is 12.2 Å². The highest BCUT2D eigenvalue weighted by molar-refractivity contribution is 5.85. The summed E-state index contributed by atoms with van der Waals surface area (Å²) >= 11 is 0. The molecule has 6 N–H and O–H groups in total. The van der Waals surface area contributed by atoms with Gasteiger partial charge in [0.2, 0.25) is 0 Å². The van der Waals surface area contributed by atoms with Crippen LogP contribution >= 0.6 is 0 Å². The van der Waals surface area contributed by atoms with Crippen LogP contribution in [-0.4, -0.2) is 67.7 Å². The molecule has 150 valence electrons. The van der Waals surface area contributed by atoms with Crippen LogP contribution in [-0.2, 0) is 19.2 Å². The van der Waals surface area contributed by atoms with Crippen molar-refractivity contribution in [3.05, 3.63) is 49.6 Å². The lowest BCUT2D eigenvalue weighted by molar-refractivity contribution is -0.133. The van der Waals surface area contributed by atoms with Crippen molar-refractivity contribution in [2.45, 2.75) is 13.8 Å². The molecule has 0 fully saturated rings. The van der Waals surface area contributed by atoms with Crippen molar-refractivity contribution in [3.8, 4) is 0 Å². The van der Waals surface area contributed by atoms with E-state index in [0.29, 0.717) is 0 Å². The maximum absolute atomic E-state index is 9.60. The van der Waals surface area contributed by atoms with Gasteiger partial charge in [-0.25, -0.2) is 19.2 Å². The first-order valence-corrected chi connectivity index (χ1v) is 6.44. The van der Waals surface area contributed by atoms with E-state index in [2.05, 4.69) is 26.3 Å². The van der Waals surface area contributed by atoms with Crippen molar-refractivity contribution < 1.29 is 49.8 Å². The molecular formula is C16H26O10. The van der Waals surface area contributed by atoms with Gasteiger partial charge in [0.15, 0.2) is 0 Å². The zero-order valence-corrected chi connectivity index (χ0v) is 14.7. The summed E-state index contributed by atoms with van der Waals surface area (Å²) in [5.74, 6) is -3.83. The second kappa shape index (κ2) is 26.6. The number of aliphatic carboxylic acids is 4. The third kappa shape index (κ3) is 85.1. The molecule has 0 amide bonds. The smallest absolute Gasteiger partial charge is 0.330 e. The zero-order chi connectivity index (χ0) is 22.3. The Morgan fingerprint density at radius 2 is 0.808 bits per heavy atom. The van der Waals surface area contributed by atoms with Gasteiger partial charge in [-0.15, -0.1) is 0 Å². The zero-order valence-electron chi connectivity index (χ0n) is 14.7. The van der Waals surface area contributed by atoms with Gasteiger partial charge in [0.1, 0.15) is 0 Å². The molecule has 0 aromatic heterocycles. The Balaban J connectivity index is -0.0000000712. The van der Waals surface area contributed by atoms with Crippen LogP contribution in [0.4, 0.5) is 0 Å². The summed E-state index contributed by atoms with van der Waals surface area (Å²) in [6.45, 7) is 14.9. The molecule has 10 nitrogen and oxygen atoms in total. The van der Waals surface area contributed by atoms with E-state index in [1.54, 1.807) is 0 Å². The van der Waals surface area contributed by atoms with E-state index in [9.17, 15) is 19.2 Å². The van der Waals surface area contributed by atoms with Gasteiger partial charge in [-0.05, 0) is 13.8 Å². The monoisotopic (exact) mass is 378 g/mol. The van der Waals surface area contributed by atoms with Crippen molar-refractivity contribution >= 4 is 23.9 Å². The van der Waals surface area contributed by atoms with Gasteiger partial charge in [-0.1, -0.05) is 26.3 Å². The number of rotatable bonds is 5. The summed E-state index contributed by atoms with van der Waals surface area (Å²) in [5, 5.41) is 46.2. The molecule has 0 aliphatic heterocycles. The number of carboxylic acids is 4. The predicted octanol–water partition coefficient (Wildman–Crippen LogP) is 0.779. The second-order valence-corrected chi connectivity index (χ2v) is 3.70. The molecule has 0 aliphatic rings. The first kappa shape index (κ1) is 34.2. The highest BCUT2D eigenvalue weighted by Gasteiger charge is 1.90. The van der Waals surface area contributed by atoms with Gasteiger partial charge in [-0.3, -0.25) is 0 Å². The number of hydrogen-bond acceptors (Lipinski definition) is 6. The summed E-state index contributed by atoms with van der Waals surface area (Å²) in [6, 6.07) is 0. The van der Waals surface area contributed by atoms with E-state index >= 15 is 0 Å². The van der Waals surface area contributed by atoms with Gasteiger partial charge in [0.25, 0.3) is 0 Å². The molecular weight excluding hydrogens is 352 g/mol. The summed E-state index contributed by atoms with van der Waals surface area (Å²) in [5.41, 5.74) is 0.352. The lowest BCUT2D eigenvalue weighted by atomic mass is 10.4. The van der Waals surface area contributed by atoms with Gasteiger partial charge in [-0.2, -0.15) is 0 Å². The van der Waals surface area contributed by atoms with Crippen LogP contribution in [0.3, 0.4) is 0 Å². The molecule has 0 rings (SSSR count). The third-order valence-corrected chi connectivity index (χ3v) is 1.18. The van der Waals surface area contributed by atoms with Crippen molar-refractivity contribution in [1.29, 1.82) is 0 Å². The van der Waals surface area contributed by atoms with Crippen LogP contribution in [0.25, 0.3) is 0 Å². The van der Waals surface area contributed by atoms with Crippen molar-refractivity contribution in [2.75, 3.05) is 13.2 Å². The van der Waals surface area contributed by atoms with Gasteiger partial charge in [0.05, 0.1) is 13.2 Å². The fraction of sp³-hybridized carbons (Fsp3) is 0.250. The Bertz CT molecular complexity index is 409. The van der Waals surface area contributed by atoms with Crippen molar-refractivity contribution in [3.63, 3.8) is 0 Å². The van der Waals surface area contributed by atoms with Crippen LogP contribution in [0, 0.1) is 0 Å². The van der Waals surface area contributed by atoms with E-state index in [4.69, 9.17) is 30.6 Å². The molecule has 0 aliphatic carbocycles. The number of aliphatic hydroxyl groups is 2. The van der Waals surface area contributed by atoms with Crippen molar-refractivity contribution in [1.82, 2.24) is 0 Å². The average molecular weight is 378 g/mol. The number of carbonyl (C=O) groups is 4. The Morgan fingerprint density at radius 3 is 0.808 bits per heavy atom. The van der Waals surface area contributed by atoms with Crippen molar-refractivity contribution in [2.24, 2.45) is 0 Å². The van der Waals surface area contributed by atoms with Crippen LogP contribution in [0.1, 0.15) is 13.8 Å². The van der Waals surface area contributed by atoms with Crippen LogP contribution in [0.5, 0.6) is 0 Å². The molecule has 0 atom stereocenters. The SMILES string of the molecule is C=C(C)C(=O)O.C=C(C)C(=O)O.C=CC(=O)O.C=CC(=O)O.OCCO. The average Bonchev–Trinajstić information content (AvgIpc) is 2.56. The first-order valence-electron chi connectivity index (χ1n) is 6.44. The second-order valence-electron chi connectivity index (χ2n) is 3.70. The molecule has 0 aromatic carbocycles. The van der Waals surface area contributed by atoms with Gasteiger partial charge >= 0.3 is 23.9 Å². The molecule has 0 saturated heterocycles. The van der Waals surface area contributed by atoms with Crippen LogP contribution in [0.2, 0.25) is 0 Å². The topological polar surface area (TPSA) is 190 Å². The van der Waals surface area contributed by atoms with E-state index < -0.39 is 23.9 Å². The third-order valence-electron chi connectivity index (χ3n) is 1.18. The molecule has 0 bridgehead atoms. The maximum atomic E-state index is 9.60. The Morgan fingerprint density at radius 1 is 0.692 bits per heavy atom. The molecule has 0 saturated carbocycles. The maximum Gasteiger partial charge on any atom is 0.330 e. The highest BCUT2D eigenvalue weighted by Crippen LogP contribution is 1.81. The molecule has 0 aromatic rings. The Labute approximate surface area is 151 Å². The minimum absolute atomic E-state index is 0.125. The molecule has 0 unspecified atom stereocenters. The molecule has 0 heterocycles. The fourth-order valence-electron chi connectivity index (χ4n) is 0. The first-order chi connectivity index (χ1) is 11.7. The summed E-state index contributed by atoms with van der Waals surface area (Å²) in [7, 11) is 0. The lowest BCUT2D eigenvalue weighted by Crippen LogP contribution is -1.92. The summed E-state index contributed by atoms with van der Waals surface area (Å²) in [6.07, 6.45) is 1.67. The Hall–Kier alpha value is -3.24. The molecule has 0 spiro atoms. The number of carboxylic acid groups (broad SMARTS) is 4. The highest BCUT2D eigenvalue weighted by atomic mass is 16.4. The number of hydrogen-bond donors (Lipinski definition) is 6. The summed E-state index contributed by atoms with van der Waals surface area (Å²) in [4.78, 5) is 37.7. The van der Waals surface area contributed by atoms with Gasteiger partial charge in [0, 0.05) is 23.3 Å².